The van der Waals surface area contributed by atoms with E-state index in [1.165, 1.54) is 30.4 Å². The second-order valence-electron chi connectivity index (χ2n) is 7.41. The highest BCUT2D eigenvalue weighted by molar-refractivity contribution is 7.49. The molecule has 0 aliphatic rings. The molecule has 3 heteroatoms. The minimum Gasteiger partial charge on any atom is -0.823 e. The van der Waals surface area contributed by atoms with Gasteiger partial charge in [-0.3, -0.25) is 0 Å². The first-order chi connectivity index (χ1) is 12.8. The molecule has 0 N–H and O–H groups in total. The normalized spacial score (nSPS) is 11.7. The Hall–Kier alpha value is -1.63. The molecule has 2 aromatic carbocycles. The number of hydrogen-bond acceptors (Lipinski definition) is 2. The maximum Gasteiger partial charge on any atom is 0.119 e. The standard InChI is InChI=1S/C24H33O2P/c1-7-8-9-10-13-26-21-11-12-22(17(3)15-21)27-24(25)23-18(4)14-16(2)19(5)20(23)6/h11-12,14-15,25H,7-10,13H2,1-6H3/p-1. The molecular formula is C24H32O2P-. The van der Waals surface area contributed by atoms with Crippen molar-refractivity contribution >= 4 is 19.0 Å². The molecule has 2 nitrogen and oxygen atoms in total. The topological polar surface area (TPSA) is 32.3 Å². The highest BCUT2D eigenvalue weighted by Crippen LogP contribution is 2.24. The predicted molar refractivity (Wildman–Crippen MR) is 117 cm³/mol. The molecule has 0 aliphatic carbocycles. The zero-order valence-corrected chi connectivity index (χ0v) is 18.5. The van der Waals surface area contributed by atoms with E-state index in [2.05, 4.69) is 46.8 Å². The Morgan fingerprint density at radius 2 is 1.63 bits per heavy atom. The highest BCUT2D eigenvalue weighted by atomic mass is 31.1. The summed E-state index contributed by atoms with van der Waals surface area (Å²) in [4.78, 5) is 0. The number of hydrogen-bond donors (Lipinski definition) is 0. The molecule has 0 aromatic heterocycles. The quantitative estimate of drug-likeness (QED) is 0.458. The Morgan fingerprint density at radius 3 is 2.30 bits per heavy atom. The number of unbranched alkanes of at least 4 members (excludes halogenated alkanes) is 3. The van der Waals surface area contributed by atoms with Gasteiger partial charge in [-0.2, -0.15) is 0 Å². The van der Waals surface area contributed by atoms with Crippen molar-refractivity contribution in [3.8, 4) is 5.75 Å². The Balaban J connectivity index is 2.18. The van der Waals surface area contributed by atoms with Gasteiger partial charge in [-0.25, -0.2) is 0 Å². The van der Waals surface area contributed by atoms with E-state index in [0.717, 1.165) is 54.5 Å². The van der Waals surface area contributed by atoms with E-state index in [1.807, 2.05) is 19.1 Å². The average Bonchev–Trinajstić information content (AvgIpc) is 2.62. The van der Waals surface area contributed by atoms with Gasteiger partial charge in [0.2, 0.25) is 0 Å². The second-order valence-corrected chi connectivity index (χ2v) is 8.52. The summed E-state index contributed by atoms with van der Waals surface area (Å²) in [5, 5.41) is 14.0. The molecule has 0 saturated carbocycles. The van der Waals surface area contributed by atoms with Crippen LogP contribution >= 0.6 is 8.20 Å². The first kappa shape index (κ1) is 21.7. The molecule has 27 heavy (non-hydrogen) atoms. The number of benzene rings is 2. The number of ether oxygens (including phenoxy) is 1. The molecule has 0 saturated heterocycles. The first-order valence-corrected chi connectivity index (χ1v) is 10.8. The van der Waals surface area contributed by atoms with Crippen molar-refractivity contribution < 1.29 is 9.84 Å². The zero-order chi connectivity index (χ0) is 20.0. The van der Waals surface area contributed by atoms with Gasteiger partial charge in [-0.15, -0.1) is 5.48 Å². The molecule has 0 unspecified atom stereocenters. The fourth-order valence-electron chi connectivity index (χ4n) is 3.34. The first-order valence-electron chi connectivity index (χ1n) is 9.92. The van der Waals surface area contributed by atoms with Crippen LogP contribution < -0.4 is 15.1 Å². The van der Waals surface area contributed by atoms with Crippen molar-refractivity contribution in [1.82, 2.24) is 0 Å². The molecule has 146 valence electrons. The van der Waals surface area contributed by atoms with Crippen LogP contribution in [0.3, 0.4) is 0 Å². The SMILES string of the molecule is CCCCCCOc1ccc(P=C([O-])c2c(C)cc(C)c(C)c2C)c(C)c1. The maximum atomic E-state index is 13.0. The van der Waals surface area contributed by atoms with Crippen molar-refractivity contribution in [2.75, 3.05) is 6.61 Å². The fourth-order valence-corrected chi connectivity index (χ4v) is 4.41. The molecular weight excluding hydrogens is 351 g/mol. The summed E-state index contributed by atoms with van der Waals surface area (Å²) in [7, 11) is 0.730. The van der Waals surface area contributed by atoms with Gasteiger partial charge in [0.1, 0.15) is 5.75 Å². The van der Waals surface area contributed by atoms with Crippen molar-refractivity contribution in [3.05, 3.63) is 57.6 Å². The molecule has 0 amide bonds. The van der Waals surface area contributed by atoms with Crippen LogP contribution in [0.25, 0.3) is 0 Å². The predicted octanol–water partition coefficient (Wildman–Crippen LogP) is 5.30. The van der Waals surface area contributed by atoms with Gasteiger partial charge in [0.05, 0.1) is 6.61 Å². The van der Waals surface area contributed by atoms with Crippen molar-refractivity contribution in [2.24, 2.45) is 0 Å². The lowest BCUT2D eigenvalue weighted by molar-refractivity contribution is -0.207. The zero-order valence-electron chi connectivity index (χ0n) is 17.6. The lowest BCUT2D eigenvalue weighted by Crippen LogP contribution is -2.21. The third-order valence-corrected chi connectivity index (χ3v) is 6.40. The van der Waals surface area contributed by atoms with Gasteiger partial charge < -0.3 is 9.84 Å². The van der Waals surface area contributed by atoms with E-state index in [1.54, 1.807) is 0 Å². The van der Waals surface area contributed by atoms with Gasteiger partial charge in [0.15, 0.2) is 0 Å². The van der Waals surface area contributed by atoms with Crippen LogP contribution in [0.1, 0.15) is 66.0 Å². The van der Waals surface area contributed by atoms with Crippen LogP contribution in [0, 0.1) is 34.6 Å². The summed E-state index contributed by atoms with van der Waals surface area (Å²) in [5.41, 5.74) is 6.78. The smallest absolute Gasteiger partial charge is 0.119 e. The lowest BCUT2D eigenvalue weighted by Gasteiger charge is -2.21. The molecule has 0 atom stereocenters. The molecule has 2 rings (SSSR count). The minimum absolute atomic E-state index is 0.171. The number of aryl methyl sites for hydroxylation is 3. The summed E-state index contributed by atoms with van der Waals surface area (Å²) < 4.78 is 5.86. The van der Waals surface area contributed by atoms with Crippen LogP contribution in [-0.4, -0.2) is 12.1 Å². The van der Waals surface area contributed by atoms with E-state index in [0.29, 0.717) is 0 Å². The Morgan fingerprint density at radius 1 is 0.889 bits per heavy atom. The van der Waals surface area contributed by atoms with Crippen LogP contribution in [0.15, 0.2) is 24.3 Å². The fraction of sp³-hybridized carbons (Fsp3) is 0.458. The Kier molecular flexibility index (Phi) is 8.07. The van der Waals surface area contributed by atoms with E-state index >= 15 is 0 Å². The van der Waals surface area contributed by atoms with Crippen molar-refractivity contribution in [3.63, 3.8) is 0 Å². The lowest BCUT2D eigenvalue weighted by atomic mass is 9.95. The van der Waals surface area contributed by atoms with Crippen molar-refractivity contribution in [2.45, 2.75) is 67.2 Å². The van der Waals surface area contributed by atoms with Gasteiger partial charge in [0.25, 0.3) is 0 Å². The van der Waals surface area contributed by atoms with Crippen LogP contribution in [0.5, 0.6) is 5.75 Å². The van der Waals surface area contributed by atoms with Gasteiger partial charge in [-0.1, -0.05) is 40.5 Å². The largest absolute Gasteiger partial charge is 0.823 e. The summed E-state index contributed by atoms with van der Waals surface area (Å²) in [6.07, 6.45) is 4.81. The third kappa shape index (κ3) is 5.67. The monoisotopic (exact) mass is 383 g/mol. The molecule has 0 spiro atoms. The van der Waals surface area contributed by atoms with Gasteiger partial charge in [0, 0.05) is 5.30 Å². The van der Waals surface area contributed by atoms with E-state index in [4.69, 9.17) is 4.74 Å². The molecule has 2 aromatic rings. The van der Waals surface area contributed by atoms with Crippen LogP contribution in [0.4, 0.5) is 0 Å². The second kappa shape index (κ2) is 10.1. The van der Waals surface area contributed by atoms with E-state index in [9.17, 15) is 5.11 Å². The van der Waals surface area contributed by atoms with Crippen molar-refractivity contribution in [1.29, 1.82) is 0 Å². The molecule has 0 bridgehead atoms. The molecule has 0 aliphatic heterocycles. The number of rotatable bonds is 8. The average molecular weight is 383 g/mol. The minimum atomic E-state index is 0.171. The molecule has 0 fully saturated rings. The Labute approximate surface area is 166 Å². The van der Waals surface area contributed by atoms with Crippen LogP contribution in [0.2, 0.25) is 0 Å². The Bertz CT molecular complexity index is 822. The summed E-state index contributed by atoms with van der Waals surface area (Å²) in [6.45, 7) is 13.3. The maximum absolute atomic E-state index is 13.0. The molecule has 0 heterocycles. The van der Waals surface area contributed by atoms with E-state index < -0.39 is 0 Å². The highest BCUT2D eigenvalue weighted by Gasteiger charge is 2.08. The molecule has 0 radical (unpaired) electrons. The van der Waals surface area contributed by atoms with Crippen LogP contribution in [-0.2, 0) is 0 Å². The summed E-state index contributed by atoms with van der Waals surface area (Å²) in [6, 6.07) is 8.19. The third-order valence-electron chi connectivity index (χ3n) is 5.23. The summed E-state index contributed by atoms with van der Waals surface area (Å²) in [5.74, 6) is 0.897. The van der Waals surface area contributed by atoms with Gasteiger partial charge in [-0.05, 0) is 92.6 Å². The van der Waals surface area contributed by atoms with E-state index in [-0.39, 0.29) is 5.48 Å². The summed E-state index contributed by atoms with van der Waals surface area (Å²) >= 11 is 0. The van der Waals surface area contributed by atoms with Gasteiger partial charge >= 0.3 is 0 Å².